The van der Waals surface area contributed by atoms with Crippen molar-refractivity contribution in [3.63, 3.8) is 0 Å². The highest BCUT2D eigenvalue weighted by Crippen LogP contribution is 2.45. The standard InChI is InChI=1S/C26H18N2O6S2/c29-24(30)23-13-22(28(32)33)25(36-23)35-16-11-9-15(10-12-16)27-26(31)34-14-21-19-7-3-1-5-17(19)18-6-2-4-8-20(18)21/h1-13,21H,14H2,(H,27,31)(H,29,30). The summed E-state index contributed by atoms with van der Waals surface area (Å²) >= 11 is 1.94. The molecule has 5 rings (SSSR count). The number of thiophene rings is 1. The summed E-state index contributed by atoms with van der Waals surface area (Å²) in [6, 6.07) is 23.9. The molecule has 36 heavy (non-hydrogen) atoms. The van der Waals surface area contributed by atoms with Gasteiger partial charge in [0.15, 0.2) is 0 Å². The van der Waals surface area contributed by atoms with Gasteiger partial charge < -0.3 is 9.84 Å². The zero-order valence-corrected chi connectivity index (χ0v) is 20.2. The van der Waals surface area contributed by atoms with Crippen LogP contribution in [0.15, 0.2) is 88.0 Å². The van der Waals surface area contributed by atoms with E-state index in [0.717, 1.165) is 51.4 Å². The third-order valence-corrected chi connectivity index (χ3v) is 8.05. The van der Waals surface area contributed by atoms with Gasteiger partial charge in [0.1, 0.15) is 15.7 Å². The highest BCUT2D eigenvalue weighted by Gasteiger charge is 2.29. The molecule has 1 aliphatic rings. The quantitative estimate of drug-likeness (QED) is 0.202. The van der Waals surface area contributed by atoms with E-state index in [2.05, 4.69) is 29.6 Å². The van der Waals surface area contributed by atoms with E-state index < -0.39 is 17.0 Å². The summed E-state index contributed by atoms with van der Waals surface area (Å²) in [6.45, 7) is 0.196. The number of anilines is 1. The van der Waals surface area contributed by atoms with E-state index in [9.17, 15) is 19.7 Å². The molecule has 0 unspecified atom stereocenters. The van der Waals surface area contributed by atoms with Crippen LogP contribution in [0, 0.1) is 10.1 Å². The molecule has 1 amide bonds. The lowest BCUT2D eigenvalue weighted by molar-refractivity contribution is -0.387. The number of nitro groups is 1. The summed E-state index contributed by atoms with van der Waals surface area (Å²) in [6.07, 6.45) is -0.586. The van der Waals surface area contributed by atoms with Gasteiger partial charge in [-0.2, -0.15) is 0 Å². The van der Waals surface area contributed by atoms with E-state index in [-0.39, 0.29) is 27.3 Å². The Morgan fingerprint density at radius 3 is 2.19 bits per heavy atom. The highest BCUT2D eigenvalue weighted by atomic mass is 32.2. The van der Waals surface area contributed by atoms with E-state index in [1.807, 2.05) is 24.3 Å². The molecule has 1 aliphatic carbocycles. The van der Waals surface area contributed by atoms with Gasteiger partial charge in [0.25, 0.3) is 5.69 Å². The molecular weight excluding hydrogens is 500 g/mol. The van der Waals surface area contributed by atoms with E-state index in [0.29, 0.717) is 10.6 Å². The first-order valence-corrected chi connectivity index (χ1v) is 12.5. The smallest absolute Gasteiger partial charge is 0.411 e. The van der Waals surface area contributed by atoms with Crippen molar-refractivity contribution in [1.29, 1.82) is 0 Å². The molecule has 0 fully saturated rings. The van der Waals surface area contributed by atoms with Crippen LogP contribution in [0.4, 0.5) is 16.2 Å². The molecule has 1 aromatic heterocycles. The van der Waals surface area contributed by atoms with Crippen LogP contribution in [0.2, 0.25) is 0 Å². The van der Waals surface area contributed by atoms with Crippen molar-refractivity contribution < 1.29 is 24.4 Å². The monoisotopic (exact) mass is 518 g/mol. The number of hydrogen-bond acceptors (Lipinski definition) is 7. The minimum Gasteiger partial charge on any atom is -0.477 e. The Labute approximate surface area is 213 Å². The number of carbonyl (C=O) groups excluding carboxylic acids is 1. The zero-order chi connectivity index (χ0) is 25.2. The second-order valence-electron chi connectivity index (χ2n) is 7.92. The van der Waals surface area contributed by atoms with E-state index >= 15 is 0 Å². The number of rotatable bonds is 7. The fourth-order valence-corrected chi connectivity index (χ4v) is 6.28. The maximum absolute atomic E-state index is 12.5. The van der Waals surface area contributed by atoms with Crippen molar-refractivity contribution in [3.8, 4) is 11.1 Å². The van der Waals surface area contributed by atoms with Gasteiger partial charge >= 0.3 is 12.1 Å². The van der Waals surface area contributed by atoms with Crippen LogP contribution in [-0.2, 0) is 4.74 Å². The topological polar surface area (TPSA) is 119 Å². The summed E-state index contributed by atoms with van der Waals surface area (Å²) in [5, 5.41) is 23.1. The Hall–Kier alpha value is -4.15. The molecule has 0 bridgehead atoms. The van der Waals surface area contributed by atoms with Crippen LogP contribution in [0.5, 0.6) is 0 Å². The Kier molecular flexibility index (Phi) is 6.45. The molecule has 0 radical (unpaired) electrons. The summed E-state index contributed by atoms with van der Waals surface area (Å²) < 4.78 is 5.83. The van der Waals surface area contributed by atoms with Crippen LogP contribution < -0.4 is 5.32 Å². The number of ether oxygens (including phenoxy) is 1. The van der Waals surface area contributed by atoms with Crippen molar-refractivity contribution in [3.05, 3.63) is 105 Å². The number of fused-ring (bicyclic) bond motifs is 3. The van der Waals surface area contributed by atoms with Gasteiger partial charge in [-0.1, -0.05) is 60.3 Å². The lowest BCUT2D eigenvalue weighted by atomic mass is 9.98. The average Bonchev–Trinajstić information content (AvgIpc) is 3.44. The molecular formula is C26H18N2O6S2. The maximum atomic E-state index is 12.5. The van der Waals surface area contributed by atoms with Gasteiger partial charge in [0, 0.05) is 22.6 Å². The van der Waals surface area contributed by atoms with Crippen LogP contribution >= 0.6 is 23.1 Å². The first-order valence-electron chi connectivity index (χ1n) is 10.8. The molecule has 1 heterocycles. The van der Waals surface area contributed by atoms with E-state index in [4.69, 9.17) is 9.84 Å². The second kappa shape index (κ2) is 9.84. The number of carboxylic acids is 1. The first-order chi connectivity index (χ1) is 17.4. The van der Waals surface area contributed by atoms with Crippen molar-refractivity contribution in [1.82, 2.24) is 0 Å². The van der Waals surface area contributed by atoms with E-state index in [1.54, 1.807) is 24.3 Å². The lowest BCUT2D eigenvalue weighted by Crippen LogP contribution is -2.17. The molecule has 3 aromatic carbocycles. The largest absolute Gasteiger partial charge is 0.477 e. The van der Waals surface area contributed by atoms with Crippen molar-refractivity contribution >= 4 is 46.5 Å². The van der Waals surface area contributed by atoms with Crippen LogP contribution in [0.25, 0.3) is 11.1 Å². The number of hydrogen-bond donors (Lipinski definition) is 2. The van der Waals surface area contributed by atoms with Crippen LogP contribution in [0.3, 0.4) is 0 Å². The summed E-state index contributed by atoms with van der Waals surface area (Å²) in [5.74, 6) is -1.25. The fraction of sp³-hybridized carbons (Fsp3) is 0.0769. The Bertz CT molecular complexity index is 1440. The lowest BCUT2D eigenvalue weighted by Gasteiger charge is -2.14. The fourth-order valence-electron chi connectivity index (χ4n) is 4.14. The molecule has 0 spiro atoms. The third-order valence-electron chi connectivity index (χ3n) is 5.74. The summed E-state index contributed by atoms with van der Waals surface area (Å²) in [5.41, 5.74) is 4.81. The minimum absolute atomic E-state index is 0.0424. The summed E-state index contributed by atoms with van der Waals surface area (Å²) in [7, 11) is 0. The Morgan fingerprint density at radius 2 is 1.61 bits per heavy atom. The molecule has 0 aliphatic heterocycles. The third kappa shape index (κ3) is 4.68. The van der Waals surface area contributed by atoms with Gasteiger partial charge in [-0.3, -0.25) is 15.4 Å². The number of nitrogens with one attached hydrogen (secondary N) is 1. The van der Waals surface area contributed by atoms with E-state index in [1.165, 1.54) is 0 Å². The van der Waals surface area contributed by atoms with Gasteiger partial charge in [-0.05, 0) is 46.5 Å². The molecule has 10 heteroatoms. The van der Waals surface area contributed by atoms with Crippen molar-refractivity contribution in [2.75, 3.05) is 11.9 Å². The molecule has 4 aromatic rings. The molecule has 0 atom stereocenters. The number of carboxylic acid groups (broad SMARTS) is 1. The number of carbonyl (C=O) groups is 2. The Morgan fingerprint density at radius 1 is 1.00 bits per heavy atom. The molecule has 0 saturated heterocycles. The number of benzene rings is 3. The number of nitrogens with zero attached hydrogens (tertiary/aromatic N) is 1. The molecule has 8 nitrogen and oxygen atoms in total. The molecule has 2 N–H and O–H groups in total. The first kappa shape index (κ1) is 23.6. The molecule has 180 valence electrons. The number of aromatic carboxylic acids is 1. The summed E-state index contributed by atoms with van der Waals surface area (Å²) in [4.78, 5) is 34.9. The van der Waals surface area contributed by atoms with Crippen molar-refractivity contribution in [2.24, 2.45) is 0 Å². The SMILES string of the molecule is O=C(Nc1ccc(Sc2sc(C(=O)O)cc2[N+](=O)[O-])cc1)OCC1c2ccccc2-c2ccccc21. The predicted molar refractivity (Wildman–Crippen MR) is 137 cm³/mol. The van der Waals surface area contributed by atoms with Gasteiger partial charge in [-0.25, -0.2) is 9.59 Å². The van der Waals surface area contributed by atoms with Gasteiger partial charge in [0.2, 0.25) is 0 Å². The molecule has 0 saturated carbocycles. The minimum atomic E-state index is -1.21. The van der Waals surface area contributed by atoms with Crippen LogP contribution in [-0.4, -0.2) is 28.7 Å². The Balaban J connectivity index is 1.22. The number of amides is 1. The maximum Gasteiger partial charge on any atom is 0.411 e. The second-order valence-corrected chi connectivity index (χ2v) is 10.3. The van der Waals surface area contributed by atoms with Crippen molar-refractivity contribution in [2.45, 2.75) is 15.0 Å². The zero-order valence-electron chi connectivity index (χ0n) is 18.5. The van der Waals surface area contributed by atoms with Gasteiger partial charge in [0.05, 0.1) is 4.92 Å². The normalized spacial score (nSPS) is 12.0. The van der Waals surface area contributed by atoms with Crippen LogP contribution in [0.1, 0.15) is 26.7 Å². The van der Waals surface area contributed by atoms with Gasteiger partial charge in [-0.15, -0.1) is 11.3 Å². The highest BCUT2D eigenvalue weighted by molar-refractivity contribution is 8.01. The average molecular weight is 519 g/mol. The predicted octanol–water partition coefficient (Wildman–Crippen LogP) is 6.87.